The van der Waals surface area contributed by atoms with Gasteiger partial charge in [-0.1, -0.05) is 6.07 Å². The number of halogens is 4. The number of hydrogen-bond donors (Lipinski definition) is 2. The van der Waals surface area contributed by atoms with Gasteiger partial charge < -0.3 is 11.1 Å². The molecule has 0 aliphatic carbocycles. The molecule has 0 aromatic carbocycles. The summed E-state index contributed by atoms with van der Waals surface area (Å²) in [7, 11) is 0. The van der Waals surface area contributed by atoms with Crippen LogP contribution in [0.4, 0.5) is 19.0 Å². The number of aliphatic imine (C=N–C) groups is 1. The largest absolute Gasteiger partial charge is 0.434 e. The van der Waals surface area contributed by atoms with Crippen molar-refractivity contribution in [3.05, 3.63) is 40.5 Å². The highest BCUT2D eigenvalue weighted by atomic mass is 127. The SMILES string of the molecule is I.NC(=NCCc1nc(C(F)(F)F)cs1)Nc1ccccn1. The first-order valence-electron chi connectivity index (χ1n) is 5.95. The maximum absolute atomic E-state index is 12.4. The topological polar surface area (TPSA) is 76.2 Å². The van der Waals surface area contributed by atoms with E-state index >= 15 is 0 Å². The zero-order valence-corrected chi connectivity index (χ0v) is 14.3. The number of nitrogens with zero attached hydrogens (tertiary/aromatic N) is 3. The number of hydrogen-bond acceptors (Lipinski definition) is 4. The van der Waals surface area contributed by atoms with Gasteiger partial charge in [-0.15, -0.1) is 35.3 Å². The maximum atomic E-state index is 12.4. The van der Waals surface area contributed by atoms with Crippen LogP contribution in [0.2, 0.25) is 0 Å². The lowest BCUT2D eigenvalue weighted by Gasteiger charge is -2.03. The second-order valence-electron chi connectivity index (χ2n) is 3.98. The predicted octanol–water partition coefficient (Wildman–Crippen LogP) is 3.14. The van der Waals surface area contributed by atoms with Gasteiger partial charge in [0, 0.05) is 24.5 Å². The third kappa shape index (κ3) is 5.75. The Kier molecular flexibility index (Phi) is 7.00. The Bertz CT molecular complexity index is 615. The van der Waals surface area contributed by atoms with E-state index in [-0.39, 0.29) is 36.5 Å². The molecule has 0 amide bonds. The smallest absolute Gasteiger partial charge is 0.370 e. The van der Waals surface area contributed by atoms with E-state index in [1.165, 1.54) is 0 Å². The summed E-state index contributed by atoms with van der Waals surface area (Å²) < 4.78 is 37.1. The Morgan fingerprint density at radius 2 is 2.14 bits per heavy atom. The summed E-state index contributed by atoms with van der Waals surface area (Å²) >= 11 is 0.958. The van der Waals surface area contributed by atoms with E-state index in [1.807, 2.05) is 0 Å². The van der Waals surface area contributed by atoms with Crippen LogP contribution in [0.15, 0.2) is 34.8 Å². The Balaban J connectivity index is 0.00000242. The lowest BCUT2D eigenvalue weighted by Crippen LogP contribution is -2.23. The van der Waals surface area contributed by atoms with E-state index in [0.29, 0.717) is 17.2 Å². The lowest BCUT2D eigenvalue weighted by atomic mass is 10.4. The number of rotatable bonds is 4. The first kappa shape index (κ1) is 18.6. The van der Waals surface area contributed by atoms with Gasteiger partial charge in [0.05, 0.1) is 5.01 Å². The molecule has 0 radical (unpaired) electrons. The number of alkyl halides is 3. The highest BCUT2D eigenvalue weighted by Gasteiger charge is 2.33. The molecule has 3 N–H and O–H groups in total. The highest BCUT2D eigenvalue weighted by Crippen LogP contribution is 2.30. The first-order valence-corrected chi connectivity index (χ1v) is 6.82. The van der Waals surface area contributed by atoms with Crippen LogP contribution in [0.1, 0.15) is 10.7 Å². The fourth-order valence-corrected chi connectivity index (χ4v) is 2.23. The van der Waals surface area contributed by atoms with Gasteiger partial charge in [-0.2, -0.15) is 13.2 Å². The molecule has 0 saturated heterocycles. The van der Waals surface area contributed by atoms with Gasteiger partial charge in [-0.25, -0.2) is 9.97 Å². The Hall–Kier alpha value is -1.43. The fraction of sp³-hybridized carbons (Fsp3) is 0.250. The predicted molar refractivity (Wildman–Crippen MR) is 90.6 cm³/mol. The van der Waals surface area contributed by atoms with Crippen molar-refractivity contribution < 1.29 is 13.2 Å². The van der Waals surface area contributed by atoms with Gasteiger partial charge in [0.25, 0.3) is 0 Å². The number of nitrogens with two attached hydrogens (primary N) is 1. The number of guanidine groups is 1. The van der Waals surface area contributed by atoms with Crippen molar-refractivity contribution in [3.63, 3.8) is 0 Å². The molecule has 2 heterocycles. The third-order valence-corrected chi connectivity index (χ3v) is 3.28. The number of thiazole rings is 1. The number of aromatic nitrogens is 2. The van der Waals surface area contributed by atoms with Crippen molar-refractivity contribution in [2.45, 2.75) is 12.6 Å². The minimum atomic E-state index is -4.41. The molecule has 22 heavy (non-hydrogen) atoms. The van der Waals surface area contributed by atoms with E-state index in [4.69, 9.17) is 5.73 Å². The molecule has 120 valence electrons. The zero-order chi connectivity index (χ0) is 15.3. The monoisotopic (exact) mass is 443 g/mol. The Morgan fingerprint density at radius 1 is 1.36 bits per heavy atom. The molecule has 0 aliphatic heterocycles. The van der Waals surface area contributed by atoms with Crippen LogP contribution in [-0.2, 0) is 12.6 Å². The molecule has 0 atom stereocenters. The fourth-order valence-electron chi connectivity index (χ4n) is 1.44. The summed E-state index contributed by atoms with van der Waals surface area (Å²) in [6.07, 6.45) is -2.51. The average Bonchev–Trinajstić information content (AvgIpc) is 2.88. The van der Waals surface area contributed by atoms with Crippen molar-refractivity contribution >= 4 is 47.1 Å². The summed E-state index contributed by atoms with van der Waals surface area (Å²) in [4.78, 5) is 11.5. The molecule has 2 aromatic heterocycles. The normalized spacial score (nSPS) is 11.9. The highest BCUT2D eigenvalue weighted by molar-refractivity contribution is 14.0. The molecule has 0 unspecified atom stereocenters. The molecular weight excluding hydrogens is 430 g/mol. The summed E-state index contributed by atoms with van der Waals surface area (Å²) in [5.74, 6) is 0.702. The van der Waals surface area contributed by atoms with E-state index in [2.05, 4.69) is 20.3 Å². The summed E-state index contributed by atoms with van der Waals surface area (Å²) in [5.41, 5.74) is 4.78. The summed E-state index contributed by atoms with van der Waals surface area (Å²) in [6, 6.07) is 5.27. The molecule has 0 saturated carbocycles. The van der Waals surface area contributed by atoms with Gasteiger partial charge in [-0.05, 0) is 12.1 Å². The van der Waals surface area contributed by atoms with Crippen LogP contribution in [0, 0.1) is 0 Å². The van der Waals surface area contributed by atoms with Crippen LogP contribution < -0.4 is 11.1 Å². The van der Waals surface area contributed by atoms with Crippen LogP contribution in [-0.4, -0.2) is 22.5 Å². The Morgan fingerprint density at radius 3 is 2.73 bits per heavy atom. The summed E-state index contributed by atoms with van der Waals surface area (Å²) in [6.45, 7) is 0.247. The lowest BCUT2D eigenvalue weighted by molar-refractivity contribution is -0.140. The second-order valence-corrected chi connectivity index (χ2v) is 4.92. The standard InChI is InChI=1S/C12H12F3N5S.HI/c13-12(14,15)8-7-21-10(19-8)4-6-18-11(16)20-9-3-1-2-5-17-9;/h1-3,5,7H,4,6H2,(H3,16,17,18,20);1H. The van der Waals surface area contributed by atoms with Crippen molar-refractivity contribution in [1.29, 1.82) is 0 Å². The average molecular weight is 443 g/mol. The van der Waals surface area contributed by atoms with Crippen molar-refractivity contribution in [2.24, 2.45) is 10.7 Å². The molecule has 5 nitrogen and oxygen atoms in total. The van der Waals surface area contributed by atoms with Crippen molar-refractivity contribution in [1.82, 2.24) is 9.97 Å². The van der Waals surface area contributed by atoms with Gasteiger partial charge >= 0.3 is 6.18 Å². The van der Waals surface area contributed by atoms with E-state index in [0.717, 1.165) is 16.7 Å². The Labute approximate surface area is 145 Å². The van der Waals surface area contributed by atoms with E-state index < -0.39 is 11.9 Å². The number of pyridine rings is 1. The molecule has 2 aromatic rings. The quantitative estimate of drug-likeness (QED) is 0.433. The number of anilines is 1. The first-order chi connectivity index (χ1) is 9.95. The van der Waals surface area contributed by atoms with E-state index in [1.54, 1.807) is 24.4 Å². The van der Waals surface area contributed by atoms with Crippen LogP contribution >= 0.6 is 35.3 Å². The summed E-state index contributed by atoms with van der Waals surface area (Å²) in [5, 5.41) is 4.14. The molecule has 0 aliphatic rings. The third-order valence-electron chi connectivity index (χ3n) is 2.37. The van der Waals surface area contributed by atoms with Gasteiger partial charge in [0.1, 0.15) is 5.82 Å². The molecule has 0 spiro atoms. The molecule has 0 fully saturated rings. The van der Waals surface area contributed by atoms with E-state index in [9.17, 15) is 13.2 Å². The number of nitrogens with one attached hydrogen (secondary N) is 1. The second kappa shape index (κ2) is 8.27. The minimum absolute atomic E-state index is 0. The van der Waals surface area contributed by atoms with Crippen LogP contribution in [0.3, 0.4) is 0 Å². The maximum Gasteiger partial charge on any atom is 0.434 e. The van der Waals surface area contributed by atoms with Gasteiger partial charge in [-0.3, -0.25) is 4.99 Å². The zero-order valence-electron chi connectivity index (χ0n) is 11.2. The van der Waals surface area contributed by atoms with Crippen molar-refractivity contribution in [3.8, 4) is 0 Å². The van der Waals surface area contributed by atoms with Crippen molar-refractivity contribution in [2.75, 3.05) is 11.9 Å². The van der Waals surface area contributed by atoms with Crippen LogP contribution in [0.25, 0.3) is 0 Å². The molecular formula is C12H13F3IN5S. The van der Waals surface area contributed by atoms with Crippen LogP contribution in [0.5, 0.6) is 0 Å². The van der Waals surface area contributed by atoms with Gasteiger partial charge in [0.2, 0.25) is 0 Å². The molecule has 2 rings (SSSR count). The molecule has 10 heteroatoms. The molecule has 0 bridgehead atoms. The minimum Gasteiger partial charge on any atom is -0.370 e. The van der Waals surface area contributed by atoms with Gasteiger partial charge in [0.15, 0.2) is 11.7 Å².